The van der Waals surface area contributed by atoms with Gasteiger partial charge < -0.3 is 13.9 Å². The van der Waals surface area contributed by atoms with Gasteiger partial charge in [0.2, 0.25) is 5.89 Å². The van der Waals surface area contributed by atoms with Crippen molar-refractivity contribution in [2.24, 2.45) is 0 Å². The smallest absolute Gasteiger partial charge is 0.348 e. The molecule has 166 valence electrons. The third kappa shape index (κ3) is 4.35. The van der Waals surface area contributed by atoms with E-state index in [1.807, 2.05) is 54.6 Å². The van der Waals surface area contributed by atoms with E-state index in [9.17, 15) is 9.59 Å². The molecule has 4 aromatic rings. The van der Waals surface area contributed by atoms with Gasteiger partial charge >= 0.3 is 12.0 Å². The number of hydrogen-bond donors (Lipinski definition) is 1. The van der Waals surface area contributed by atoms with E-state index < -0.39 is 18.5 Å². The molecule has 0 spiro atoms. The van der Waals surface area contributed by atoms with E-state index in [1.54, 1.807) is 7.11 Å². The molecular weight excluding hydrogens is 442 g/mol. The second-order valence-corrected chi connectivity index (χ2v) is 8.44. The number of ether oxygens (including phenoxy) is 2. The lowest BCUT2D eigenvalue weighted by Gasteiger charge is -2.16. The van der Waals surface area contributed by atoms with Crippen LogP contribution in [0.25, 0.3) is 21.9 Å². The predicted molar refractivity (Wildman–Crippen MR) is 122 cm³/mol. The number of benzene rings is 2. The van der Waals surface area contributed by atoms with E-state index in [0.717, 1.165) is 40.2 Å². The SMILES string of the molecule is COc1ccc2c(c1)CCc1cc(C(=O)OCC(=O)Nc3nnc(-c4ccccc4)o3)sc1-2. The number of carbonyl (C=O) groups is 2. The lowest BCUT2D eigenvalue weighted by atomic mass is 9.91. The quantitative estimate of drug-likeness (QED) is 0.425. The summed E-state index contributed by atoms with van der Waals surface area (Å²) in [6.07, 6.45) is 1.71. The molecule has 2 aromatic heterocycles. The van der Waals surface area contributed by atoms with Crippen molar-refractivity contribution < 1.29 is 23.5 Å². The lowest BCUT2D eigenvalue weighted by molar-refractivity contribution is -0.119. The average Bonchev–Trinajstić information content (AvgIpc) is 3.50. The van der Waals surface area contributed by atoms with Crippen LogP contribution >= 0.6 is 11.3 Å². The molecule has 0 atom stereocenters. The van der Waals surface area contributed by atoms with E-state index in [-0.39, 0.29) is 11.9 Å². The molecule has 9 heteroatoms. The Kier molecular flexibility index (Phi) is 5.62. The van der Waals surface area contributed by atoms with Crippen LogP contribution in [0.3, 0.4) is 0 Å². The zero-order valence-corrected chi connectivity index (χ0v) is 18.5. The van der Waals surface area contributed by atoms with Crippen LogP contribution in [0, 0.1) is 0 Å². The highest BCUT2D eigenvalue weighted by Crippen LogP contribution is 2.41. The van der Waals surface area contributed by atoms with Crippen LogP contribution in [0.1, 0.15) is 20.8 Å². The molecule has 1 aliphatic rings. The fourth-order valence-electron chi connectivity index (χ4n) is 3.67. The van der Waals surface area contributed by atoms with Gasteiger partial charge in [-0.05, 0) is 65.9 Å². The second kappa shape index (κ2) is 8.87. The number of fused-ring (bicyclic) bond motifs is 3. The van der Waals surface area contributed by atoms with Gasteiger partial charge in [0.15, 0.2) is 6.61 Å². The predicted octanol–water partition coefficient (Wildman–Crippen LogP) is 4.37. The summed E-state index contributed by atoms with van der Waals surface area (Å²) < 4.78 is 15.9. The van der Waals surface area contributed by atoms with Crippen molar-refractivity contribution in [1.82, 2.24) is 10.2 Å². The van der Waals surface area contributed by atoms with Gasteiger partial charge in [0.05, 0.1) is 7.11 Å². The number of rotatable bonds is 6. The summed E-state index contributed by atoms with van der Waals surface area (Å²) in [7, 11) is 1.64. The summed E-state index contributed by atoms with van der Waals surface area (Å²) in [5.41, 5.74) is 4.13. The number of nitrogens with zero attached hydrogens (tertiary/aromatic N) is 2. The average molecular weight is 461 g/mol. The summed E-state index contributed by atoms with van der Waals surface area (Å²) in [5, 5.41) is 10.1. The molecule has 2 aromatic carbocycles. The Morgan fingerprint density at radius 1 is 1.06 bits per heavy atom. The first-order valence-electron chi connectivity index (χ1n) is 10.3. The minimum absolute atomic E-state index is 0.0616. The number of nitrogens with one attached hydrogen (secondary N) is 1. The number of hydrogen-bond acceptors (Lipinski definition) is 8. The van der Waals surface area contributed by atoms with Crippen molar-refractivity contribution in [2.75, 3.05) is 19.0 Å². The molecule has 1 aliphatic carbocycles. The minimum Gasteiger partial charge on any atom is -0.497 e. The van der Waals surface area contributed by atoms with Gasteiger partial charge in [0.1, 0.15) is 10.6 Å². The standard InChI is InChI=1S/C24H19N3O5S/c1-30-17-9-10-18-15(11-17)7-8-16-12-19(33-21(16)18)23(29)31-13-20(28)25-24-27-26-22(32-24)14-5-3-2-4-6-14/h2-6,9-12H,7-8,13H2,1H3,(H,25,27,28). The molecule has 0 unspecified atom stereocenters. The number of methoxy groups -OCH3 is 1. The highest BCUT2D eigenvalue weighted by atomic mass is 32.1. The van der Waals surface area contributed by atoms with Crippen molar-refractivity contribution in [3.63, 3.8) is 0 Å². The van der Waals surface area contributed by atoms with Crippen LogP contribution in [0.2, 0.25) is 0 Å². The van der Waals surface area contributed by atoms with E-state index in [2.05, 4.69) is 15.5 Å². The molecule has 1 amide bonds. The van der Waals surface area contributed by atoms with Gasteiger partial charge in [-0.25, -0.2) is 4.79 Å². The highest BCUT2D eigenvalue weighted by Gasteiger charge is 2.23. The van der Waals surface area contributed by atoms with Crippen LogP contribution in [-0.2, 0) is 22.4 Å². The molecule has 0 aliphatic heterocycles. The second-order valence-electron chi connectivity index (χ2n) is 7.39. The first kappa shape index (κ1) is 20.9. The molecule has 1 N–H and O–H groups in total. The molecule has 0 bridgehead atoms. The van der Waals surface area contributed by atoms with Crippen molar-refractivity contribution >= 4 is 29.2 Å². The van der Waals surface area contributed by atoms with Gasteiger partial charge in [-0.3, -0.25) is 10.1 Å². The zero-order valence-electron chi connectivity index (χ0n) is 17.7. The Hall–Kier alpha value is -3.98. The van der Waals surface area contributed by atoms with E-state index in [0.29, 0.717) is 4.88 Å². The number of thiophene rings is 1. The third-order valence-corrected chi connectivity index (χ3v) is 6.45. The Morgan fingerprint density at radius 3 is 2.70 bits per heavy atom. The number of anilines is 1. The normalized spacial score (nSPS) is 11.9. The minimum atomic E-state index is -0.564. The number of aromatic nitrogens is 2. The van der Waals surface area contributed by atoms with E-state index in [4.69, 9.17) is 13.9 Å². The maximum atomic E-state index is 12.6. The molecule has 33 heavy (non-hydrogen) atoms. The summed E-state index contributed by atoms with van der Waals surface area (Å²) in [5.74, 6) is -0.0120. The summed E-state index contributed by atoms with van der Waals surface area (Å²) in [6.45, 7) is -0.460. The number of carbonyl (C=O) groups excluding carboxylic acids is 2. The lowest BCUT2D eigenvalue weighted by Crippen LogP contribution is -2.20. The molecule has 0 saturated heterocycles. The molecule has 2 heterocycles. The number of amides is 1. The largest absolute Gasteiger partial charge is 0.497 e. The molecule has 8 nitrogen and oxygen atoms in total. The Morgan fingerprint density at radius 2 is 1.88 bits per heavy atom. The van der Waals surface area contributed by atoms with E-state index >= 15 is 0 Å². The van der Waals surface area contributed by atoms with Gasteiger partial charge in [0.25, 0.3) is 5.91 Å². The van der Waals surface area contributed by atoms with Gasteiger partial charge in [-0.1, -0.05) is 23.3 Å². The number of esters is 1. The Balaban J connectivity index is 1.21. The van der Waals surface area contributed by atoms with Crippen LogP contribution in [0.5, 0.6) is 5.75 Å². The van der Waals surface area contributed by atoms with Crippen molar-refractivity contribution in [1.29, 1.82) is 0 Å². The molecule has 0 radical (unpaired) electrons. The molecule has 5 rings (SSSR count). The topological polar surface area (TPSA) is 104 Å². The van der Waals surface area contributed by atoms with Crippen molar-refractivity contribution in [3.05, 3.63) is 70.6 Å². The Bertz CT molecular complexity index is 1330. The van der Waals surface area contributed by atoms with Crippen molar-refractivity contribution in [3.8, 4) is 27.6 Å². The monoisotopic (exact) mass is 461 g/mol. The first-order valence-corrected chi connectivity index (χ1v) is 11.1. The molecule has 0 fully saturated rings. The zero-order chi connectivity index (χ0) is 22.8. The number of aryl methyl sites for hydroxylation is 2. The van der Waals surface area contributed by atoms with Crippen molar-refractivity contribution in [2.45, 2.75) is 12.8 Å². The first-order chi connectivity index (χ1) is 16.1. The fourth-order valence-corrected chi connectivity index (χ4v) is 4.83. The highest BCUT2D eigenvalue weighted by molar-refractivity contribution is 7.17. The van der Waals surface area contributed by atoms with Gasteiger partial charge in [-0.15, -0.1) is 16.4 Å². The van der Waals surface area contributed by atoms with Crippen LogP contribution in [0.4, 0.5) is 6.01 Å². The molecule has 0 saturated carbocycles. The van der Waals surface area contributed by atoms with Crippen LogP contribution in [-0.4, -0.2) is 35.8 Å². The maximum Gasteiger partial charge on any atom is 0.348 e. The molecular formula is C24H19N3O5S. The van der Waals surface area contributed by atoms with Crippen LogP contribution in [0.15, 0.2) is 59.0 Å². The summed E-state index contributed by atoms with van der Waals surface area (Å²) in [4.78, 5) is 26.3. The third-order valence-electron chi connectivity index (χ3n) is 5.26. The van der Waals surface area contributed by atoms with Gasteiger partial charge in [0, 0.05) is 10.4 Å². The van der Waals surface area contributed by atoms with Gasteiger partial charge in [-0.2, -0.15) is 0 Å². The Labute approximate surface area is 193 Å². The van der Waals surface area contributed by atoms with E-state index in [1.165, 1.54) is 16.9 Å². The maximum absolute atomic E-state index is 12.6. The van der Waals surface area contributed by atoms with Crippen LogP contribution < -0.4 is 10.1 Å². The summed E-state index contributed by atoms with van der Waals surface area (Å²) >= 11 is 1.37. The fraction of sp³-hybridized carbons (Fsp3) is 0.167. The summed E-state index contributed by atoms with van der Waals surface area (Å²) in [6, 6.07) is 16.9.